The van der Waals surface area contributed by atoms with Crippen LogP contribution in [0.5, 0.6) is 11.5 Å². The fourth-order valence-corrected chi connectivity index (χ4v) is 3.65. The highest BCUT2D eigenvalue weighted by Gasteiger charge is 2.21. The summed E-state index contributed by atoms with van der Waals surface area (Å²) in [5.74, 6) is -1.41. The summed E-state index contributed by atoms with van der Waals surface area (Å²) >= 11 is 3.40. The molecule has 0 bridgehead atoms. The number of ether oxygens (including phenoxy) is 1. The maximum Gasteiger partial charge on any atom is 0.322 e. The molecule has 3 aromatic carbocycles. The number of amides is 1. The number of benzene rings is 3. The van der Waals surface area contributed by atoms with Crippen LogP contribution in [0.2, 0.25) is 0 Å². The van der Waals surface area contributed by atoms with Gasteiger partial charge in [-0.05, 0) is 45.8 Å². The standard InChI is InChI=1S/C25H19BrN2O6/c26-16-9-4-5-10-19(16)33-20-11-6-12-21-23(20)18(29)14-22(34-21)24(30)28-27-17(25(31)32)13-15-7-2-1-3-8-15/h1-12,14,17,27H,13H2,(H,28,30)(H,31,32)/t17-/m0/s1. The number of carbonyl (C=O) groups is 2. The fraction of sp³-hybridized carbons (Fsp3) is 0.0800. The Hall–Kier alpha value is -3.95. The molecular weight excluding hydrogens is 504 g/mol. The normalized spacial score (nSPS) is 11.7. The van der Waals surface area contributed by atoms with Crippen molar-refractivity contribution in [2.45, 2.75) is 12.5 Å². The van der Waals surface area contributed by atoms with Crippen LogP contribution in [0.1, 0.15) is 16.1 Å². The van der Waals surface area contributed by atoms with E-state index in [2.05, 4.69) is 26.8 Å². The Morgan fingerprint density at radius 3 is 2.41 bits per heavy atom. The van der Waals surface area contributed by atoms with E-state index in [-0.39, 0.29) is 28.9 Å². The molecule has 34 heavy (non-hydrogen) atoms. The van der Waals surface area contributed by atoms with E-state index >= 15 is 0 Å². The van der Waals surface area contributed by atoms with Crippen molar-refractivity contribution in [1.82, 2.24) is 10.9 Å². The van der Waals surface area contributed by atoms with Crippen molar-refractivity contribution in [2.75, 3.05) is 0 Å². The number of carboxylic acids is 1. The van der Waals surface area contributed by atoms with Crippen LogP contribution in [0.25, 0.3) is 11.0 Å². The Labute approximate surface area is 202 Å². The van der Waals surface area contributed by atoms with E-state index in [0.717, 1.165) is 11.6 Å². The third-order valence-corrected chi connectivity index (χ3v) is 5.59. The van der Waals surface area contributed by atoms with Crippen LogP contribution in [-0.4, -0.2) is 23.0 Å². The van der Waals surface area contributed by atoms with Gasteiger partial charge in [-0.25, -0.2) is 5.43 Å². The molecule has 9 heteroatoms. The van der Waals surface area contributed by atoms with Crippen molar-refractivity contribution >= 4 is 38.8 Å². The van der Waals surface area contributed by atoms with Crippen LogP contribution in [-0.2, 0) is 11.2 Å². The lowest BCUT2D eigenvalue weighted by molar-refractivity contribution is -0.139. The zero-order chi connectivity index (χ0) is 24.1. The summed E-state index contributed by atoms with van der Waals surface area (Å²) in [7, 11) is 0. The number of nitrogens with one attached hydrogen (secondary N) is 2. The lowest BCUT2D eigenvalue weighted by Gasteiger charge is -2.15. The highest BCUT2D eigenvalue weighted by atomic mass is 79.9. The molecule has 1 atom stereocenters. The third kappa shape index (κ3) is 5.33. The number of aliphatic carboxylic acids is 1. The summed E-state index contributed by atoms with van der Waals surface area (Å²) in [4.78, 5) is 37.0. The molecule has 0 spiro atoms. The minimum Gasteiger partial charge on any atom is -0.480 e. The van der Waals surface area contributed by atoms with Crippen molar-refractivity contribution in [3.05, 3.63) is 105 Å². The van der Waals surface area contributed by atoms with Crippen molar-refractivity contribution in [3.8, 4) is 11.5 Å². The van der Waals surface area contributed by atoms with Crippen LogP contribution in [0, 0.1) is 0 Å². The number of hydrogen-bond acceptors (Lipinski definition) is 6. The van der Waals surface area contributed by atoms with Gasteiger partial charge in [0, 0.05) is 12.5 Å². The number of para-hydroxylation sites is 1. The highest BCUT2D eigenvalue weighted by molar-refractivity contribution is 9.10. The second kappa shape index (κ2) is 10.3. The molecule has 3 N–H and O–H groups in total. The summed E-state index contributed by atoms with van der Waals surface area (Å²) in [5, 5.41) is 9.65. The zero-order valence-electron chi connectivity index (χ0n) is 17.7. The maximum atomic E-state index is 12.8. The second-order valence-electron chi connectivity index (χ2n) is 7.32. The van der Waals surface area contributed by atoms with Crippen molar-refractivity contribution < 1.29 is 23.8 Å². The predicted octanol–water partition coefficient (Wildman–Crippen LogP) is 4.28. The maximum absolute atomic E-state index is 12.8. The first-order valence-corrected chi connectivity index (χ1v) is 11.0. The van der Waals surface area contributed by atoms with Gasteiger partial charge in [-0.15, -0.1) is 0 Å². The highest BCUT2D eigenvalue weighted by Crippen LogP contribution is 2.32. The Bertz CT molecular complexity index is 1400. The molecule has 0 saturated carbocycles. The number of halogens is 1. The summed E-state index contributed by atoms with van der Waals surface area (Å²) < 4.78 is 12.2. The fourth-order valence-electron chi connectivity index (χ4n) is 3.29. The molecule has 1 amide bonds. The molecule has 1 heterocycles. The zero-order valence-corrected chi connectivity index (χ0v) is 19.2. The second-order valence-corrected chi connectivity index (χ2v) is 8.17. The Kier molecular flexibility index (Phi) is 7.05. The number of carboxylic acid groups (broad SMARTS) is 1. The third-order valence-electron chi connectivity index (χ3n) is 4.94. The minimum absolute atomic E-state index is 0.147. The predicted molar refractivity (Wildman–Crippen MR) is 129 cm³/mol. The number of hydrogen-bond donors (Lipinski definition) is 3. The molecule has 4 aromatic rings. The van der Waals surface area contributed by atoms with Crippen LogP contribution in [0.15, 0.2) is 92.5 Å². The number of fused-ring (bicyclic) bond motifs is 1. The molecule has 172 valence electrons. The number of rotatable bonds is 8. The number of hydrazine groups is 1. The minimum atomic E-state index is -1.14. The molecule has 0 aliphatic heterocycles. The first kappa shape index (κ1) is 23.2. The molecule has 0 saturated heterocycles. The molecule has 0 aliphatic rings. The van der Waals surface area contributed by atoms with Crippen molar-refractivity contribution in [1.29, 1.82) is 0 Å². The number of carbonyl (C=O) groups excluding carboxylic acids is 1. The lowest BCUT2D eigenvalue weighted by atomic mass is 10.1. The summed E-state index contributed by atoms with van der Waals surface area (Å²) in [6.07, 6.45) is 0.147. The van der Waals surface area contributed by atoms with Gasteiger partial charge in [0.25, 0.3) is 0 Å². The van der Waals surface area contributed by atoms with Crippen LogP contribution in [0.4, 0.5) is 0 Å². The van der Waals surface area contributed by atoms with Crippen LogP contribution < -0.4 is 21.0 Å². The van der Waals surface area contributed by atoms with Gasteiger partial charge in [-0.3, -0.25) is 19.8 Å². The van der Waals surface area contributed by atoms with Crippen LogP contribution >= 0.6 is 15.9 Å². The van der Waals surface area contributed by atoms with E-state index in [1.807, 2.05) is 12.1 Å². The van der Waals surface area contributed by atoms with Gasteiger partial charge in [0.15, 0.2) is 11.2 Å². The van der Waals surface area contributed by atoms with Crippen LogP contribution in [0.3, 0.4) is 0 Å². The molecule has 8 nitrogen and oxygen atoms in total. The van der Waals surface area contributed by atoms with Crippen molar-refractivity contribution in [3.63, 3.8) is 0 Å². The van der Waals surface area contributed by atoms with E-state index in [1.54, 1.807) is 60.7 Å². The summed E-state index contributed by atoms with van der Waals surface area (Å²) in [6.45, 7) is 0. The molecule has 4 rings (SSSR count). The van der Waals surface area contributed by atoms with Crippen molar-refractivity contribution in [2.24, 2.45) is 0 Å². The molecular formula is C25H19BrN2O6. The van der Waals surface area contributed by atoms with Gasteiger partial charge in [0.1, 0.15) is 28.5 Å². The van der Waals surface area contributed by atoms with E-state index < -0.39 is 23.3 Å². The average molecular weight is 523 g/mol. The largest absolute Gasteiger partial charge is 0.480 e. The smallest absolute Gasteiger partial charge is 0.322 e. The Balaban J connectivity index is 1.54. The van der Waals surface area contributed by atoms with Gasteiger partial charge >= 0.3 is 11.9 Å². The summed E-state index contributed by atoms with van der Waals surface area (Å²) in [6, 6.07) is 20.9. The summed E-state index contributed by atoms with van der Waals surface area (Å²) in [5.41, 5.74) is 5.27. The van der Waals surface area contributed by atoms with Gasteiger partial charge in [0.2, 0.25) is 0 Å². The first-order chi connectivity index (χ1) is 16.4. The van der Waals surface area contributed by atoms with E-state index in [9.17, 15) is 19.5 Å². The first-order valence-electron chi connectivity index (χ1n) is 10.2. The monoisotopic (exact) mass is 522 g/mol. The van der Waals surface area contributed by atoms with E-state index in [4.69, 9.17) is 9.15 Å². The van der Waals surface area contributed by atoms with Gasteiger partial charge < -0.3 is 14.3 Å². The van der Waals surface area contributed by atoms with Gasteiger partial charge in [-0.2, -0.15) is 0 Å². The molecule has 0 radical (unpaired) electrons. The SMILES string of the molecule is O=C(NN[C@@H](Cc1ccccc1)C(=O)O)c1cc(=O)c2c(Oc3ccccc3Br)cccc2o1. The quantitative estimate of drug-likeness (QED) is 0.295. The topological polar surface area (TPSA) is 118 Å². The molecule has 0 unspecified atom stereocenters. The molecule has 1 aromatic heterocycles. The Morgan fingerprint density at radius 1 is 0.971 bits per heavy atom. The average Bonchev–Trinajstić information content (AvgIpc) is 2.83. The molecule has 0 fully saturated rings. The molecule has 0 aliphatic carbocycles. The Morgan fingerprint density at radius 2 is 1.68 bits per heavy atom. The van der Waals surface area contributed by atoms with Gasteiger partial charge in [-0.1, -0.05) is 48.5 Å². The van der Waals surface area contributed by atoms with E-state index in [0.29, 0.717) is 10.2 Å². The lowest BCUT2D eigenvalue weighted by Crippen LogP contribution is -2.49. The van der Waals surface area contributed by atoms with Gasteiger partial charge in [0.05, 0.1) is 4.47 Å². The van der Waals surface area contributed by atoms with E-state index in [1.165, 1.54) is 0 Å².